The van der Waals surface area contributed by atoms with Crippen LogP contribution in [0.4, 0.5) is 0 Å². The van der Waals surface area contributed by atoms with Crippen LogP contribution in [0.1, 0.15) is 24.4 Å². The maximum atomic E-state index is 4.13. The molecule has 6 heteroatoms. The Morgan fingerprint density at radius 1 is 1.37 bits per heavy atom. The van der Waals surface area contributed by atoms with Gasteiger partial charge in [-0.2, -0.15) is 0 Å². The zero-order valence-corrected chi connectivity index (χ0v) is 14.3. The SMILES string of the molecule is Cc1nnc(Sc2ccc(CNC(C)C)cc2Br)s1. The van der Waals surface area contributed by atoms with Crippen LogP contribution < -0.4 is 5.32 Å². The second-order valence-electron chi connectivity index (χ2n) is 4.49. The zero-order chi connectivity index (χ0) is 13.8. The van der Waals surface area contributed by atoms with Gasteiger partial charge in [-0.15, -0.1) is 10.2 Å². The van der Waals surface area contributed by atoms with Crippen LogP contribution >= 0.6 is 39.0 Å². The highest BCUT2D eigenvalue weighted by Gasteiger charge is 2.07. The summed E-state index contributed by atoms with van der Waals surface area (Å²) in [6.45, 7) is 7.16. The second-order valence-corrected chi connectivity index (χ2v) is 7.81. The molecule has 0 saturated carbocycles. The highest BCUT2D eigenvalue weighted by Crippen LogP contribution is 2.35. The molecule has 0 aliphatic heterocycles. The third kappa shape index (κ3) is 4.56. The first-order chi connectivity index (χ1) is 9.04. The van der Waals surface area contributed by atoms with E-state index >= 15 is 0 Å². The van der Waals surface area contributed by atoms with Crippen LogP contribution in [0.15, 0.2) is 31.9 Å². The minimum absolute atomic E-state index is 0.497. The number of rotatable bonds is 5. The molecule has 0 aliphatic carbocycles. The minimum Gasteiger partial charge on any atom is -0.310 e. The molecule has 1 aromatic heterocycles. The van der Waals surface area contributed by atoms with Crippen LogP contribution in [0.3, 0.4) is 0 Å². The lowest BCUT2D eigenvalue weighted by atomic mass is 10.2. The molecule has 2 aromatic rings. The summed E-state index contributed by atoms with van der Waals surface area (Å²) in [6, 6.07) is 6.93. The lowest BCUT2D eigenvalue weighted by Gasteiger charge is -2.09. The smallest absolute Gasteiger partial charge is 0.179 e. The van der Waals surface area contributed by atoms with Gasteiger partial charge in [-0.3, -0.25) is 0 Å². The van der Waals surface area contributed by atoms with Gasteiger partial charge in [0.25, 0.3) is 0 Å². The number of benzene rings is 1. The Morgan fingerprint density at radius 3 is 2.74 bits per heavy atom. The Bertz CT molecular complexity index is 555. The average molecular weight is 358 g/mol. The van der Waals surface area contributed by atoms with Crippen molar-refractivity contribution >= 4 is 39.0 Å². The van der Waals surface area contributed by atoms with Crippen molar-refractivity contribution < 1.29 is 0 Å². The largest absolute Gasteiger partial charge is 0.310 e. The van der Waals surface area contributed by atoms with Gasteiger partial charge in [0.15, 0.2) is 4.34 Å². The van der Waals surface area contributed by atoms with Crippen molar-refractivity contribution in [3.05, 3.63) is 33.2 Å². The molecule has 0 spiro atoms. The normalized spacial score (nSPS) is 11.2. The molecule has 0 radical (unpaired) electrons. The number of nitrogens with one attached hydrogen (secondary N) is 1. The standard InChI is InChI=1S/C13H16BrN3S2/c1-8(2)15-7-10-4-5-12(11(14)6-10)19-13-17-16-9(3)18-13/h4-6,8,15H,7H2,1-3H3. The third-order valence-corrected chi connectivity index (χ3v) is 5.30. The monoisotopic (exact) mass is 357 g/mol. The summed E-state index contributed by atoms with van der Waals surface area (Å²) >= 11 is 6.89. The molecular formula is C13H16BrN3S2. The van der Waals surface area contributed by atoms with Crippen LogP contribution in [0.2, 0.25) is 0 Å². The first-order valence-corrected chi connectivity index (χ1v) is 8.47. The molecule has 3 nitrogen and oxygen atoms in total. The van der Waals surface area contributed by atoms with Crippen molar-refractivity contribution in [2.24, 2.45) is 0 Å². The van der Waals surface area contributed by atoms with E-state index in [2.05, 4.69) is 63.5 Å². The molecule has 0 amide bonds. The average Bonchev–Trinajstić information content (AvgIpc) is 2.75. The maximum absolute atomic E-state index is 4.13. The maximum Gasteiger partial charge on any atom is 0.179 e. The molecule has 2 rings (SSSR count). The molecule has 1 aromatic carbocycles. The van der Waals surface area contributed by atoms with E-state index in [9.17, 15) is 0 Å². The number of hydrogen-bond donors (Lipinski definition) is 1. The van der Waals surface area contributed by atoms with E-state index in [4.69, 9.17) is 0 Å². The van der Waals surface area contributed by atoms with Crippen LogP contribution in [-0.4, -0.2) is 16.2 Å². The molecule has 0 aliphatic rings. The van der Waals surface area contributed by atoms with E-state index in [1.165, 1.54) is 10.5 Å². The molecule has 0 fully saturated rings. The Morgan fingerprint density at radius 2 is 2.16 bits per heavy atom. The van der Waals surface area contributed by atoms with E-state index in [-0.39, 0.29) is 0 Å². The van der Waals surface area contributed by atoms with Crippen molar-refractivity contribution in [3.63, 3.8) is 0 Å². The fraction of sp³-hybridized carbons (Fsp3) is 0.385. The van der Waals surface area contributed by atoms with E-state index in [1.54, 1.807) is 23.1 Å². The Balaban J connectivity index is 2.06. The van der Waals surface area contributed by atoms with Gasteiger partial charge in [0.1, 0.15) is 5.01 Å². The van der Waals surface area contributed by atoms with Crippen molar-refractivity contribution in [2.75, 3.05) is 0 Å². The van der Waals surface area contributed by atoms with Crippen LogP contribution in [0.5, 0.6) is 0 Å². The number of halogens is 1. The molecule has 102 valence electrons. The molecule has 0 atom stereocenters. The van der Waals surface area contributed by atoms with Gasteiger partial charge in [0.05, 0.1) is 0 Å². The highest BCUT2D eigenvalue weighted by molar-refractivity contribution is 9.10. The number of aromatic nitrogens is 2. The summed E-state index contributed by atoms with van der Waals surface area (Å²) in [5.41, 5.74) is 1.28. The first kappa shape index (κ1) is 15.0. The van der Waals surface area contributed by atoms with Gasteiger partial charge < -0.3 is 5.32 Å². The Hall–Kier alpha value is -0.430. The Kier molecular flexibility index (Phi) is 5.38. The summed E-state index contributed by atoms with van der Waals surface area (Å²) in [5.74, 6) is 0. The molecule has 19 heavy (non-hydrogen) atoms. The summed E-state index contributed by atoms with van der Waals surface area (Å²) in [6.07, 6.45) is 0. The van der Waals surface area contributed by atoms with Crippen LogP contribution in [0, 0.1) is 6.92 Å². The Labute approximate surface area is 130 Å². The van der Waals surface area contributed by atoms with Crippen molar-refractivity contribution in [1.29, 1.82) is 0 Å². The number of aryl methyl sites for hydroxylation is 1. The zero-order valence-electron chi connectivity index (χ0n) is 11.1. The van der Waals surface area contributed by atoms with Crippen LogP contribution in [0.25, 0.3) is 0 Å². The highest BCUT2D eigenvalue weighted by atomic mass is 79.9. The fourth-order valence-electron chi connectivity index (χ4n) is 1.47. The van der Waals surface area contributed by atoms with Crippen molar-refractivity contribution in [1.82, 2.24) is 15.5 Å². The molecule has 0 unspecified atom stereocenters. The first-order valence-electron chi connectivity index (χ1n) is 6.04. The van der Waals surface area contributed by atoms with Crippen LogP contribution in [-0.2, 0) is 6.54 Å². The van der Waals surface area contributed by atoms with E-state index in [0.717, 1.165) is 20.4 Å². The van der Waals surface area contributed by atoms with Gasteiger partial charge in [-0.05, 0) is 40.5 Å². The van der Waals surface area contributed by atoms with Gasteiger partial charge in [-0.1, -0.05) is 43.0 Å². The third-order valence-electron chi connectivity index (χ3n) is 2.42. The summed E-state index contributed by atoms with van der Waals surface area (Å²) in [5, 5.41) is 12.6. The molecule has 1 heterocycles. The quantitative estimate of drug-likeness (QED) is 0.867. The van der Waals surface area contributed by atoms with Gasteiger partial charge in [0, 0.05) is 22.0 Å². The van der Waals surface area contributed by atoms with Gasteiger partial charge >= 0.3 is 0 Å². The van der Waals surface area contributed by atoms with E-state index in [1.807, 2.05) is 6.92 Å². The van der Waals surface area contributed by atoms with E-state index < -0.39 is 0 Å². The predicted octanol–water partition coefficient (Wildman–Crippen LogP) is 4.26. The lowest BCUT2D eigenvalue weighted by molar-refractivity contribution is 0.588. The molecule has 0 bridgehead atoms. The lowest BCUT2D eigenvalue weighted by Crippen LogP contribution is -2.21. The number of hydrogen-bond acceptors (Lipinski definition) is 5. The molecule has 1 N–H and O–H groups in total. The van der Waals surface area contributed by atoms with E-state index in [0.29, 0.717) is 6.04 Å². The number of nitrogens with zero attached hydrogens (tertiary/aromatic N) is 2. The van der Waals surface area contributed by atoms with Crippen molar-refractivity contribution in [2.45, 2.75) is 42.6 Å². The summed E-state index contributed by atoms with van der Waals surface area (Å²) < 4.78 is 2.08. The second kappa shape index (κ2) is 6.83. The van der Waals surface area contributed by atoms with Crippen molar-refractivity contribution in [3.8, 4) is 0 Å². The fourth-order valence-corrected chi connectivity index (χ4v) is 3.92. The minimum atomic E-state index is 0.497. The van der Waals surface area contributed by atoms with Gasteiger partial charge in [0.2, 0.25) is 0 Å². The predicted molar refractivity (Wildman–Crippen MR) is 84.9 cm³/mol. The molecular weight excluding hydrogens is 342 g/mol. The summed E-state index contributed by atoms with van der Waals surface area (Å²) in [7, 11) is 0. The topological polar surface area (TPSA) is 37.8 Å². The van der Waals surface area contributed by atoms with Gasteiger partial charge in [-0.25, -0.2) is 0 Å². The summed E-state index contributed by atoms with van der Waals surface area (Å²) in [4.78, 5) is 1.17. The molecule has 0 saturated heterocycles.